The number of nitrogens with zero attached hydrogens (tertiary/aromatic N) is 2. The molecule has 1 N–H and O–H groups in total. The number of rotatable bonds is 7. The molecule has 4 rings (SSSR count). The van der Waals surface area contributed by atoms with Crippen molar-refractivity contribution in [3.63, 3.8) is 0 Å². The predicted octanol–water partition coefficient (Wildman–Crippen LogP) is 6.73. The van der Waals surface area contributed by atoms with Gasteiger partial charge in [-0.25, -0.2) is 9.78 Å². The number of fused-ring (bicyclic) bond motifs is 1. The standard InChI is InChI=1S/C23H14Cl2F3N3O7/c1-35-16-7-17(36-2)21(25)19(20(16)24)12-5-10-9-29-18(8-15(10)37-22(12)32)30-13-4-3-11(38-23(26,27)28)6-14(13)31(33)34/h3-9H,1-2H3,(H,29,30). The number of nitro benzene ring substituents is 1. The van der Waals surface area contributed by atoms with E-state index < -0.39 is 28.3 Å². The Hall–Kier alpha value is -4.23. The van der Waals surface area contributed by atoms with Crippen LogP contribution in [0.15, 0.2) is 51.8 Å². The summed E-state index contributed by atoms with van der Waals surface area (Å²) in [6, 6.07) is 6.68. The van der Waals surface area contributed by atoms with Gasteiger partial charge in [0.1, 0.15) is 34.3 Å². The van der Waals surface area contributed by atoms with Crippen molar-refractivity contribution in [2.45, 2.75) is 6.36 Å². The van der Waals surface area contributed by atoms with E-state index in [0.29, 0.717) is 11.5 Å². The Labute approximate surface area is 220 Å². The maximum Gasteiger partial charge on any atom is 0.573 e. The molecule has 2 aromatic heterocycles. The monoisotopic (exact) mass is 571 g/mol. The van der Waals surface area contributed by atoms with Crippen LogP contribution in [-0.4, -0.2) is 30.5 Å². The van der Waals surface area contributed by atoms with Gasteiger partial charge in [0.05, 0.1) is 40.8 Å². The van der Waals surface area contributed by atoms with Crippen molar-refractivity contribution in [3.05, 3.63) is 73.2 Å². The minimum absolute atomic E-state index is 0.0000964. The van der Waals surface area contributed by atoms with Crippen LogP contribution in [0.25, 0.3) is 22.1 Å². The van der Waals surface area contributed by atoms with E-state index >= 15 is 0 Å². The summed E-state index contributed by atoms with van der Waals surface area (Å²) in [6.07, 6.45) is -3.72. The lowest BCUT2D eigenvalue weighted by atomic mass is 10.1. The Bertz CT molecular complexity index is 1600. The molecule has 38 heavy (non-hydrogen) atoms. The number of hydrogen-bond donors (Lipinski definition) is 1. The van der Waals surface area contributed by atoms with Crippen molar-refractivity contribution in [2.75, 3.05) is 19.5 Å². The first-order valence-corrected chi connectivity index (χ1v) is 11.0. The van der Waals surface area contributed by atoms with Crippen molar-refractivity contribution in [2.24, 2.45) is 0 Å². The molecule has 0 saturated carbocycles. The van der Waals surface area contributed by atoms with Gasteiger partial charge in [0.2, 0.25) is 0 Å². The molecule has 0 fully saturated rings. The molecule has 0 saturated heterocycles. The van der Waals surface area contributed by atoms with Gasteiger partial charge in [-0.1, -0.05) is 23.2 Å². The summed E-state index contributed by atoms with van der Waals surface area (Å²) in [5.74, 6) is -0.368. The summed E-state index contributed by atoms with van der Waals surface area (Å²) in [5.41, 5.74) is -1.58. The van der Waals surface area contributed by atoms with Gasteiger partial charge in [-0.05, 0) is 18.2 Å². The van der Waals surface area contributed by atoms with Crippen LogP contribution >= 0.6 is 23.2 Å². The summed E-state index contributed by atoms with van der Waals surface area (Å²) in [5, 5.41) is 14.5. The lowest BCUT2D eigenvalue weighted by Crippen LogP contribution is -2.17. The number of methoxy groups -OCH3 is 2. The van der Waals surface area contributed by atoms with Gasteiger partial charge in [0.25, 0.3) is 5.69 Å². The third-order valence-electron chi connectivity index (χ3n) is 5.12. The van der Waals surface area contributed by atoms with Gasteiger partial charge in [0, 0.05) is 29.3 Å². The lowest BCUT2D eigenvalue weighted by molar-refractivity contribution is -0.384. The fourth-order valence-electron chi connectivity index (χ4n) is 3.48. The van der Waals surface area contributed by atoms with Crippen LogP contribution in [0.2, 0.25) is 10.0 Å². The molecule has 0 bridgehead atoms. The normalized spacial score (nSPS) is 11.3. The van der Waals surface area contributed by atoms with Crippen LogP contribution in [0, 0.1) is 10.1 Å². The molecule has 10 nitrogen and oxygen atoms in total. The van der Waals surface area contributed by atoms with Crippen LogP contribution in [0.1, 0.15) is 0 Å². The summed E-state index contributed by atoms with van der Waals surface area (Å²) in [6.45, 7) is 0. The van der Waals surface area contributed by atoms with E-state index in [0.717, 1.165) is 12.1 Å². The SMILES string of the molecule is COc1cc(OC)c(Cl)c(-c2cc3cnc(Nc4ccc(OC(F)(F)F)cc4[N+](=O)[O-])cc3oc2=O)c1Cl. The Morgan fingerprint density at radius 1 is 1.05 bits per heavy atom. The van der Waals surface area contributed by atoms with Gasteiger partial charge < -0.3 is 23.9 Å². The van der Waals surface area contributed by atoms with Crippen LogP contribution in [0.5, 0.6) is 17.2 Å². The van der Waals surface area contributed by atoms with E-state index in [4.69, 9.17) is 37.1 Å². The Kier molecular flexibility index (Phi) is 7.24. The molecule has 0 atom stereocenters. The Morgan fingerprint density at radius 2 is 1.71 bits per heavy atom. The summed E-state index contributed by atoms with van der Waals surface area (Å²) in [7, 11) is 2.75. The molecular weight excluding hydrogens is 558 g/mol. The first kappa shape index (κ1) is 26.8. The number of benzene rings is 2. The fourth-order valence-corrected chi connectivity index (χ4v) is 4.19. The number of anilines is 2. The average molecular weight is 572 g/mol. The third kappa shape index (κ3) is 5.38. The number of alkyl halides is 3. The van der Waals surface area contributed by atoms with Crippen LogP contribution in [-0.2, 0) is 0 Å². The zero-order valence-corrected chi connectivity index (χ0v) is 20.7. The van der Waals surface area contributed by atoms with Crippen LogP contribution in [0.4, 0.5) is 30.4 Å². The number of hydrogen-bond acceptors (Lipinski definition) is 9. The van der Waals surface area contributed by atoms with Gasteiger partial charge >= 0.3 is 12.0 Å². The van der Waals surface area contributed by atoms with Gasteiger partial charge in [-0.3, -0.25) is 10.1 Å². The maximum absolute atomic E-state index is 12.9. The van der Waals surface area contributed by atoms with Crippen molar-refractivity contribution < 1.29 is 36.7 Å². The molecule has 4 aromatic rings. The minimum atomic E-state index is -5.02. The molecule has 0 amide bonds. The number of ether oxygens (including phenoxy) is 3. The predicted molar refractivity (Wildman–Crippen MR) is 132 cm³/mol. The van der Waals surface area contributed by atoms with E-state index in [1.54, 1.807) is 0 Å². The second kappa shape index (κ2) is 10.3. The molecule has 0 aliphatic heterocycles. The third-order valence-corrected chi connectivity index (χ3v) is 5.87. The van der Waals surface area contributed by atoms with Crippen molar-refractivity contribution in [1.29, 1.82) is 0 Å². The number of aromatic nitrogens is 1. The maximum atomic E-state index is 12.9. The topological polar surface area (TPSA) is 126 Å². The highest BCUT2D eigenvalue weighted by Crippen LogP contribution is 2.45. The molecule has 0 aliphatic rings. The number of nitrogens with one attached hydrogen (secondary N) is 1. The Morgan fingerprint density at radius 3 is 2.29 bits per heavy atom. The molecule has 2 heterocycles. The molecule has 0 spiro atoms. The highest BCUT2D eigenvalue weighted by Gasteiger charge is 2.32. The van der Waals surface area contributed by atoms with E-state index in [2.05, 4.69) is 15.0 Å². The van der Waals surface area contributed by atoms with Crippen LogP contribution < -0.4 is 25.2 Å². The van der Waals surface area contributed by atoms with Crippen LogP contribution in [0.3, 0.4) is 0 Å². The second-order valence-electron chi connectivity index (χ2n) is 7.45. The largest absolute Gasteiger partial charge is 0.573 e. The molecule has 0 aliphatic carbocycles. The van der Waals surface area contributed by atoms with E-state index in [9.17, 15) is 28.1 Å². The van der Waals surface area contributed by atoms with E-state index in [1.807, 2.05) is 0 Å². The number of pyridine rings is 1. The zero-order valence-electron chi connectivity index (χ0n) is 19.2. The van der Waals surface area contributed by atoms with E-state index in [1.165, 1.54) is 38.6 Å². The van der Waals surface area contributed by atoms with Gasteiger partial charge in [0.15, 0.2) is 0 Å². The molecule has 2 aromatic carbocycles. The average Bonchev–Trinajstić information content (AvgIpc) is 2.84. The van der Waals surface area contributed by atoms with Crippen molar-refractivity contribution >= 4 is 51.4 Å². The fraction of sp³-hybridized carbons (Fsp3) is 0.130. The molecule has 0 unspecified atom stereocenters. The number of halogens is 5. The summed E-state index contributed by atoms with van der Waals surface area (Å²) < 4.78 is 57.0. The molecular formula is C23H14Cl2F3N3O7. The molecule has 0 radical (unpaired) electrons. The minimum Gasteiger partial charge on any atom is -0.495 e. The zero-order chi connectivity index (χ0) is 27.8. The number of nitro groups is 1. The first-order valence-electron chi connectivity index (χ1n) is 10.3. The quantitative estimate of drug-likeness (QED) is 0.190. The van der Waals surface area contributed by atoms with Crippen molar-refractivity contribution in [1.82, 2.24) is 4.98 Å². The van der Waals surface area contributed by atoms with E-state index in [-0.39, 0.29) is 49.8 Å². The van der Waals surface area contributed by atoms with Gasteiger partial charge in [-0.2, -0.15) is 0 Å². The van der Waals surface area contributed by atoms with Crippen molar-refractivity contribution in [3.8, 4) is 28.4 Å². The molecule has 198 valence electrons. The first-order chi connectivity index (χ1) is 17.9. The summed E-state index contributed by atoms with van der Waals surface area (Å²) >= 11 is 12.8. The summed E-state index contributed by atoms with van der Waals surface area (Å²) in [4.78, 5) is 27.6. The molecule has 15 heteroatoms. The highest BCUT2D eigenvalue weighted by atomic mass is 35.5. The van der Waals surface area contributed by atoms with Gasteiger partial charge in [-0.15, -0.1) is 13.2 Å². The lowest BCUT2D eigenvalue weighted by Gasteiger charge is -2.14. The Balaban J connectivity index is 1.74. The highest BCUT2D eigenvalue weighted by molar-refractivity contribution is 6.41. The smallest absolute Gasteiger partial charge is 0.495 e. The second-order valence-corrected chi connectivity index (χ2v) is 8.20.